The Morgan fingerprint density at radius 1 is 1.05 bits per heavy atom. The molecule has 3 atom stereocenters. The van der Waals surface area contributed by atoms with E-state index in [0.29, 0.717) is 21.6 Å². The average molecular weight is 608 g/mol. The smallest absolute Gasteiger partial charge is 0.448 e. The number of methoxy groups -OCH3 is 1. The Kier molecular flexibility index (Phi) is 7.84. The van der Waals surface area contributed by atoms with Gasteiger partial charge in [0.05, 0.1) is 13.2 Å². The van der Waals surface area contributed by atoms with E-state index in [0.717, 1.165) is 25.0 Å². The van der Waals surface area contributed by atoms with Crippen LogP contribution in [0.25, 0.3) is 0 Å². The van der Waals surface area contributed by atoms with Gasteiger partial charge in [-0.25, -0.2) is 9.18 Å². The van der Waals surface area contributed by atoms with Crippen LogP contribution in [-0.4, -0.2) is 53.9 Å². The van der Waals surface area contributed by atoms with Gasteiger partial charge in [0.25, 0.3) is 5.91 Å². The summed E-state index contributed by atoms with van der Waals surface area (Å²) in [4.78, 5) is 39.7. The summed E-state index contributed by atoms with van der Waals surface area (Å²) in [5, 5.41) is 1.46. The van der Waals surface area contributed by atoms with E-state index in [-0.39, 0.29) is 5.75 Å². The summed E-state index contributed by atoms with van der Waals surface area (Å²) in [6.45, 7) is 1.52. The number of amides is 1. The molecule has 1 unspecified atom stereocenters. The lowest BCUT2D eigenvalue weighted by Crippen LogP contribution is -2.60. The fraction of sp³-hybridized carbons (Fsp3) is 0.321. The molecule has 0 aliphatic carbocycles. The van der Waals surface area contributed by atoms with Gasteiger partial charge in [-0.2, -0.15) is 13.2 Å². The van der Waals surface area contributed by atoms with E-state index >= 15 is 4.39 Å². The third kappa shape index (κ3) is 5.26. The molecule has 0 radical (unpaired) electrons. The summed E-state index contributed by atoms with van der Waals surface area (Å²) >= 11 is 1.38. The van der Waals surface area contributed by atoms with Gasteiger partial charge in [0.15, 0.2) is 5.69 Å². The van der Waals surface area contributed by atoms with Crippen LogP contribution in [0.3, 0.4) is 0 Å². The molecular weight excluding hydrogens is 582 g/mol. The van der Waals surface area contributed by atoms with E-state index in [1.807, 2.05) is 6.07 Å². The van der Waals surface area contributed by atoms with Crippen molar-refractivity contribution in [1.82, 2.24) is 9.58 Å². The zero-order valence-electron chi connectivity index (χ0n) is 22.6. The Labute approximate surface area is 241 Å². The zero-order chi connectivity index (χ0) is 30.3. The van der Waals surface area contributed by atoms with E-state index in [2.05, 4.69) is 4.74 Å². The first kappa shape index (κ1) is 29.3. The molecule has 3 heterocycles. The van der Waals surface area contributed by atoms with E-state index in [1.165, 1.54) is 46.7 Å². The molecule has 0 N–H and O–H groups in total. The molecule has 0 saturated carbocycles. The Morgan fingerprint density at radius 3 is 2.48 bits per heavy atom. The Morgan fingerprint density at radius 2 is 1.76 bits per heavy atom. The van der Waals surface area contributed by atoms with Crippen LogP contribution in [0.4, 0.5) is 22.4 Å². The van der Waals surface area contributed by atoms with Gasteiger partial charge in [0.1, 0.15) is 18.5 Å². The minimum absolute atomic E-state index is 0.263. The summed E-state index contributed by atoms with van der Waals surface area (Å²) in [6, 6.07) is 9.61. The van der Waals surface area contributed by atoms with Crippen LogP contribution in [0.1, 0.15) is 47.1 Å². The number of rotatable bonds is 5. The van der Waals surface area contributed by atoms with Crippen LogP contribution < -0.4 is 15.2 Å². The number of ether oxygens (including phenoxy) is 3. The highest BCUT2D eigenvalue weighted by atomic mass is 32.2. The van der Waals surface area contributed by atoms with Crippen molar-refractivity contribution in [2.45, 2.75) is 49.0 Å². The molecule has 0 fully saturated rings. The molecule has 0 spiro atoms. The molecule has 2 aliphatic rings. The minimum Gasteiger partial charge on any atom is -0.448 e. The monoisotopic (exact) mass is 607 g/mol. The first-order valence-electron chi connectivity index (χ1n) is 12.7. The maximum Gasteiger partial charge on any atom is 0.511 e. The topological polar surface area (TPSA) is 90.3 Å². The first-order chi connectivity index (χ1) is 19.9. The summed E-state index contributed by atoms with van der Waals surface area (Å²) in [7, 11) is 1.05. The van der Waals surface area contributed by atoms with Crippen LogP contribution in [-0.2, 0) is 15.2 Å². The summed E-state index contributed by atoms with van der Waals surface area (Å²) < 4.78 is 73.5. The molecule has 2 aliphatic heterocycles. The Hall–Kier alpha value is -4.20. The number of hydrogen-bond donors (Lipinski definition) is 0. The molecule has 1 amide bonds. The summed E-state index contributed by atoms with van der Waals surface area (Å²) in [6.07, 6.45) is -6.15. The van der Waals surface area contributed by atoms with Crippen molar-refractivity contribution >= 4 is 23.8 Å². The van der Waals surface area contributed by atoms with Crippen LogP contribution in [0.2, 0.25) is 0 Å². The van der Waals surface area contributed by atoms with E-state index in [9.17, 15) is 27.6 Å². The average Bonchev–Trinajstić information content (AvgIpc) is 3.11. The lowest BCUT2D eigenvalue weighted by molar-refractivity contribution is -0.173. The molecular formula is C28H25F4N3O6S. The quantitative estimate of drug-likeness (QED) is 0.222. The van der Waals surface area contributed by atoms with Crippen molar-refractivity contribution in [2.24, 2.45) is 0 Å². The maximum absolute atomic E-state index is 15.2. The number of thioether (sulfide) groups is 1. The molecule has 2 aromatic carbocycles. The number of carbonyl (C=O) groups is 2. The van der Waals surface area contributed by atoms with Gasteiger partial charge in [-0.3, -0.25) is 19.3 Å². The van der Waals surface area contributed by atoms with Crippen LogP contribution in [0.5, 0.6) is 5.75 Å². The van der Waals surface area contributed by atoms with Gasteiger partial charge in [-0.1, -0.05) is 30.3 Å². The van der Waals surface area contributed by atoms with E-state index in [4.69, 9.17) is 9.47 Å². The molecule has 5 rings (SSSR count). The second kappa shape index (κ2) is 11.2. The van der Waals surface area contributed by atoms with Crippen molar-refractivity contribution in [3.8, 4) is 5.75 Å². The van der Waals surface area contributed by atoms with Gasteiger partial charge >= 0.3 is 12.3 Å². The number of pyridine rings is 1. The van der Waals surface area contributed by atoms with Crippen molar-refractivity contribution < 1.29 is 41.4 Å². The number of halogens is 4. The van der Waals surface area contributed by atoms with Crippen molar-refractivity contribution in [3.05, 3.63) is 93.2 Å². The third-order valence-electron chi connectivity index (χ3n) is 7.06. The Bertz CT molecular complexity index is 1600. The molecule has 9 nitrogen and oxygen atoms in total. The lowest BCUT2D eigenvalue weighted by atomic mass is 9.94. The summed E-state index contributed by atoms with van der Waals surface area (Å²) in [5.41, 5.74) is 0.151. The zero-order valence-corrected chi connectivity index (χ0v) is 23.4. The minimum atomic E-state index is -4.82. The lowest BCUT2D eigenvalue weighted by Gasteiger charge is -2.46. The second-order valence-electron chi connectivity index (χ2n) is 9.57. The number of nitrogens with zero attached hydrogens (tertiary/aromatic N) is 3. The fourth-order valence-corrected chi connectivity index (χ4v) is 6.10. The molecule has 222 valence electrons. The number of fused-ring (bicyclic) bond motifs is 3. The predicted octanol–water partition coefficient (Wildman–Crippen LogP) is 5.19. The van der Waals surface area contributed by atoms with Crippen LogP contribution in [0.15, 0.2) is 64.4 Å². The molecule has 0 bridgehead atoms. The summed E-state index contributed by atoms with van der Waals surface area (Å²) in [5.74, 6) is -1.98. The van der Waals surface area contributed by atoms with Crippen molar-refractivity contribution in [3.63, 3.8) is 0 Å². The van der Waals surface area contributed by atoms with Crippen LogP contribution >= 0.6 is 11.8 Å². The molecule has 0 saturated heterocycles. The number of alkyl halides is 3. The van der Waals surface area contributed by atoms with Gasteiger partial charge < -0.3 is 19.1 Å². The highest BCUT2D eigenvalue weighted by Crippen LogP contribution is 2.44. The predicted molar refractivity (Wildman–Crippen MR) is 143 cm³/mol. The van der Waals surface area contributed by atoms with E-state index in [1.54, 1.807) is 24.3 Å². The first-order valence-corrected chi connectivity index (χ1v) is 13.7. The normalized spacial score (nSPS) is 17.8. The van der Waals surface area contributed by atoms with Crippen molar-refractivity contribution in [1.29, 1.82) is 0 Å². The number of benzene rings is 2. The largest absolute Gasteiger partial charge is 0.511 e. The second-order valence-corrected chi connectivity index (χ2v) is 10.6. The number of carbonyl (C=O) groups excluding carboxylic acids is 2. The van der Waals surface area contributed by atoms with Gasteiger partial charge in [-0.05, 0) is 30.2 Å². The fourth-order valence-electron chi connectivity index (χ4n) is 4.97. The third-order valence-corrected chi connectivity index (χ3v) is 8.18. The van der Waals surface area contributed by atoms with Gasteiger partial charge in [0.2, 0.25) is 17.5 Å². The van der Waals surface area contributed by atoms with Gasteiger partial charge in [-0.15, -0.1) is 11.8 Å². The Balaban J connectivity index is 1.75. The number of hydrogen-bond acceptors (Lipinski definition) is 8. The highest BCUT2D eigenvalue weighted by molar-refractivity contribution is 7.98. The molecule has 1 aromatic heterocycles. The van der Waals surface area contributed by atoms with E-state index < -0.39 is 66.0 Å². The van der Waals surface area contributed by atoms with Crippen LogP contribution in [0, 0.1) is 5.82 Å². The van der Waals surface area contributed by atoms with Gasteiger partial charge in [0, 0.05) is 35.4 Å². The highest BCUT2D eigenvalue weighted by Gasteiger charge is 2.48. The maximum atomic E-state index is 15.2. The molecule has 14 heteroatoms. The molecule has 3 aromatic rings. The molecule has 42 heavy (non-hydrogen) atoms. The SMILES string of the molecule is COC(=O)OC(C)Oc1c2n(ccc1=O)N([C@@H]1c3ccccc3SCc3c(F)cccc31)CN([C@H](C)C(F)(F)F)C2=O. The standard InChI is InChI=1S/C28H25F4N3O6S/c1-15(28(30,31)32)33-14-35(23-17-8-6-9-20(29)19(17)13-42-22-10-5-4-7-18(22)23)34-12-11-21(36)25(24(34)26(33)37)40-16(2)41-27(38)39-3/h4-12,15-16,23H,13-14H2,1-3H3/t15-,16?,23+/m1/s1. The van der Waals surface area contributed by atoms with Crippen molar-refractivity contribution in [2.75, 3.05) is 18.8 Å². The number of aromatic nitrogens is 1.